The summed E-state index contributed by atoms with van der Waals surface area (Å²) in [7, 11) is 0. The van der Waals surface area contributed by atoms with E-state index >= 15 is 0 Å². The lowest BCUT2D eigenvalue weighted by Crippen LogP contribution is -1.56. The van der Waals surface area contributed by atoms with Crippen molar-refractivity contribution in [2.45, 2.75) is 0 Å². The molecule has 0 saturated heterocycles. The van der Waals surface area contributed by atoms with Gasteiger partial charge >= 0.3 is 0 Å². The van der Waals surface area contributed by atoms with Crippen molar-refractivity contribution in [1.82, 2.24) is 0 Å². The number of rotatable bonds is 0. The Kier molecular flexibility index (Phi) is 13.5. The first-order valence-corrected chi connectivity index (χ1v) is 5.60. The highest BCUT2D eigenvalue weighted by Gasteiger charge is 1.58. The van der Waals surface area contributed by atoms with Crippen LogP contribution in [0.4, 0.5) is 0 Å². The van der Waals surface area contributed by atoms with Gasteiger partial charge in [0.1, 0.15) is 0 Å². The lowest BCUT2D eigenvalue weighted by atomic mass is 10.4. The van der Waals surface area contributed by atoms with Crippen LogP contribution in [0.5, 0.6) is 0 Å². The van der Waals surface area contributed by atoms with E-state index in [1.54, 1.807) is 0 Å². The molecule has 23 heavy (non-hydrogen) atoms. The molecule has 0 aromatic carbocycles. The molecule has 0 saturated carbocycles. The van der Waals surface area contributed by atoms with Crippen molar-refractivity contribution in [3.63, 3.8) is 0 Å². The predicted octanol–water partition coefficient (Wildman–Crippen LogP) is 0.444. The van der Waals surface area contributed by atoms with Crippen molar-refractivity contribution in [2.75, 3.05) is 0 Å². The quantitative estimate of drug-likeness (QED) is 0.564. The van der Waals surface area contributed by atoms with Crippen LogP contribution in [0, 0.1) is 138 Å². The first kappa shape index (κ1) is 18.2. The molecule has 0 heterocycles. The van der Waals surface area contributed by atoms with Gasteiger partial charge in [0.15, 0.2) is 0 Å². The van der Waals surface area contributed by atoms with Crippen molar-refractivity contribution < 1.29 is 0 Å². The predicted molar refractivity (Wildman–Crippen MR) is 90.2 cm³/mol. The third-order valence-corrected chi connectivity index (χ3v) is 1.28. The van der Waals surface area contributed by atoms with Crippen LogP contribution in [0.25, 0.3) is 0 Å². The molecule has 0 aliphatic rings. The van der Waals surface area contributed by atoms with E-state index in [-0.39, 0.29) is 0 Å². The molecule has 0 spiro atoms. The summed E-state index contributed by atoms with van der Waals surface area (Å²) in [4.78, 5) is 0. The zero-order valence-corrected chi connectivity index (χ0v) is 11.7. The molecule has 94 valence electrons. The van der Waals surface area contributed by atoms with Crippen LogP contribution in [0.3, 0.4) is 0 Å². The van der Waals surface area contributed by atoms with Crippen LogP contribution in [0.1, 0.15) is 0 Å². The Bertz CT molecular complexity index is 1110. The Hall–Kier alpha value is -4.84. The summed E-state index contributed by atoms with van der Waals surface area (Å²) < 4.78 is 0. The molecule has 0 rings (SSSR count). The Balaban J connectivity index is 4.38. The molecule has 2 radical (unpaired) electrons. The SMILES string of the molecule is [C]#CC#CC#CC#CC#CC#CC#CC#CC#CC#CC#C[CH2]. The van der Waals surface area contributed by atoms with Crippen LogP contribution >= 0.6 is 0 Å². The maximum absolute atomic E-state index is 6.51. The van der Waals surface area contributed by atoms with Crippen molar-refractivity contribution in [3.05, 3.63) is 13.3 Å². The van der Waals surface area contributed by atoms with Crippen LogP contribution < -0.4 is 0 Å². The third-order valence-electron chi connectivity index (χ3n) is 1.28. The molecular formula is C23H2. The molecule has 0 aliphatic carbocycles. The van der Waals surface area contributed by atoms with Gasteiger partial charge in [0.25, 0.3) is 0 Å². The summed E-state index contributed by atoms with van der Waals surface area (Å²) in [6.45, 7) is 3.30. The van der Waals surface area contributed by atoms with Gasteiger partial charge in [-0.25, -0.2) is 0 Å². The lowest BCUT2D eigenvalue weighted by molar-refractivity contribution is 2.31. The van der Waals surface area contributed by atoms with E-state index in [4.69, 9.17) is 6.42 Å². The topological polar surface area (TPSA) is 0 Å². The van der Waals surface area contributed by atoms with Crippen molar-refractivity contribution >= 4 is 0 Å². The number of hydrogen-bond acceptors (Lipinski definition) is 0. The fraction of sp³-hybridized carbons (Fsp3) is 0. The fourth-order valence-corrected chi connectivity index (χ4v) is 0.607. The fourth-order valence-electron chi connectivity index (χ4n) is 0.607. The van der Waals surface area contributed by atoms with Crippen molar-refractivity contribution in [2.24, 2.45) is 0 Å². The second kappa shape index (κ2) is 17.2. The van der Waals surface area contributed by atoms with Gasteiger partial charge in [-0.1, -0.05) is 5.92 Å². The van der Waals surface area contributed by atoms with E-state index in [1.807, 2.05) is 5.92 Å². The standard InChI is InChI=1S/C23H2/c1-3-5-7-9-11-13-15-17-19-21-23-22-20-18-16-14-12-10-8-6-4-2/h1H2. The van der Waals surface area contributed by atoms with E-state index in [2.05, 4.69) is 125 Å². The molecule has 0 aromatic rings. The summed E-state index contributed by atoms with van der Waals surface area (Å²) in [5, 5.41) is 0. The van der Waals surface area contributed by atoms with Crippen LogP contribution in [-0.4, -0.2) is 0 Å². The van der Waals surface area contributed by atoms with E-state index in [0.717, 1.165) is 0 Å². The average molecular weight is 278 g/mol. The minimum Gasteiger partial charge on any atom is -0.0881 e. The molecule has 0 fully saturated rings. The molecule has 0 bridgehead atoms. The molecule has 0 nitrogen and oxygen atoms in total. The molecular weight excluding hydrogens is 276 g/mol. The summed E-state index contributed by atoms with van der Waals surface area (Å²) in [6, 6.07) is 0. The smallest absolute Gasteiger partial charge is 0.0209 e. The van der Waals surface area contributed by atoms with Gasteiger partial charge in [-0.05, 0) is 47.4 Å². The van der Waals surface area contributed by atoms with Crippen LogP contribution in [0.2, 0.25) is 0 Å². The van der Waals surface area contributed by atoms with Gasteiger partial charge in [-0.3, -0.25) is 0 Å². The highest BCUT2D eigenvalue weighted by Crippen LogP contribution is 1.58. The highest BCUT2D eigenvalue weighted by atomic mass is 13.6. The Labute approximate surface area is 138 Å². The maximum atomic E-state index is 6.51. The largest absolute Gasteiger partial charge is 0.0881 e. The molecule has 0 atom stereocenters. The van der Waals surface area contributed by atoms with E-state index in [1.165, 1.54) is 0 Å². The Morgan fingerprint density at radius 1 is 0.348 bits per heavy atom. The van der Waals surface area contributed by atoms with E-state index in [9.17, 15) is 0 Å². The zero-order chi connectivity index (χ0) is 16.8. The average Bonchev–Trinajstić information content (AvgIpc) is 2.57. The monoisotopic (exact) mass is 278 g/mol. The van der Waals surface area contributed by atoms with Gasteiger partial charge in [-0.2, -0.15) is 0 Å². The van der Waals surface area contributed by atoms with E-state index < -0.39 is 0 Å². The molecule has 0 aromatic heterocycles. The second-order valence-corrected chi connectivity index (χ2v) is 2.68. The maximum Gasteiger partial charge on any atom is 0.0209 e. The third kappa shape index (κ3) is 17.2. The Morgan fingerprint density at radius 2 is 0.565 bits per heavy atom. The summed E-state index contributed by atoms with van der Waals surface area (Å²) in [5.74, 6) is 50.7. The molecule has 0 aliphatic heterocycles. The highest BCUT2D eigenvalue weighted by molar-refractivity contribution is 5.47. The first-order chi connectivity index (χ1) is 11.4. The molecule has 0 heteroatoms. The normalized spacial score (nSPS) is 3.83. The molecule has 0 unspecified atom stereocenters. The summed E-state index contributed by atoms with van der Waals surface area (Å²) in [6.07, 6.45) is 6.51. The van der Waals surface area contributed by atoms with Crippen LogP contribution in [-0.2, 0) is 0 Å². The summed E-state index contributed by atoms with van der Waals surface area (Å²) in [5.41, 5.74) is 0. The number of hydrogen-bond donors (Lipinski definition) is 0. The van der Waals surface area contributed by atoms with Crippen molar-refractivity contribution in [3.8, 4) is 124 Å². The van der Waals surface area contributed by atoms with Crippen molar-refractivity contribution in [1.29, 1.82) is 0 Å². The van der Waals surface area contributed by atoms with Gasteiger partial charge in [0.05, 0.1) is 0 Å². The minimum absolute atomic E-state index is 1.87. The molecule has 0 N–H and O–H groups in total. The minimum atomic E-state index is 1.87. The van der Waals surface area contributed by atoms with Gasteiger partial charge in [-0.15, -0.1) is 0 Å². The Morgan fingerprint density at radius 3 is 0.783 bits per heavy atom. The van der Waals surface area contributed by atoms with Gasteiger partial charge < -0.3 is 0 Å². The molecule has 0 amide bonds. The zero-order valence-electron chi connectivity index (χ0n) is 11.7. The van der Waals surface area contributed by atoms with Gasteiger partial charge in [0, 0.05) is 84.4 Å². The van der Waals surface area contributed by atoms with Gasteiger partial charge in [0.2, 0.25) is 0 Å². The summed E-state index contributed by atoms with van der Waals surface area (Å²) >= 11 is 0. The first-order valence-electron chi connectivity index (χ1n) is 5.60. The second-order valence-electron chi connectivity index (χ2n) is 2.68. The van der Waals surface area contributed by atoms with Crippen LogP contribution in [0.15, 0.2) is 0 Å². The van der Waals surface area contributed by atoms with E-state index in [0.29, 0.717) is 0 Å². The lowest BCUT2D eigenvalue weighted by Gasteiger charge is -1.56.